The lowest BCUT2D eigenvalue weighted by Crippen LogP contribution is -2.04. The van der Waals surface area contributed by atoms with Crippen molar-refractivity contribution in [2.75, 3.05) is 0 Å². The van der Waals surface area contributed by atoms with E-state index in [1.165, 1.54) is 48.8 Å². The first-order chi connectivity index (χ1) is 11.7. The third-order valence-corrected chi connectivity index (χ3v) is 4.89. The van der Waals surface area contributed by atoms with E-state index in [9.17, 15) is 0 Å². The summed E-state index contributed by atoms with van der Waals surface area (Å²) in [5.74, 6) is 2.64. The van der Waals surface area contributed by atoms with Gasteiger partial charge in [0.2, 0.25) is 0 Å². The van der Waals surface area contributed by atoms with Crippen LogP contribution in [0.1, 0.15) is 63.0 Å². The molecule has 0 atom stereocenters. The number of allylic oxidation sites excluding steroid dienone is 2. The average Bonchev–Trinajstić information content (AvgIpc) is 2.62. The molecule has 1 aliphatic carbocycles. The van der Waals surface area contributed by atoms with Gasteiger partial charge in [-0.1, -0.05) is 61.2 Å². The first-order valence-electron chi connectivity index (χ1n) is 9.21. The molecule has 2 aromatic rings. The summed E-state index contributed by atoms with van der Waals surface area (Å²) < 4.78 is 6.15. The summed E-state index contributed by atoms with van der Waals surface area (Å²) in [4.78, 5) is 0. The number of hydrogen-bond acceptors (Lipinski definition) is 1. The van der Waals surface area contributed by atoms with E-state index in [0.717, 1.165) is 23.8 Å². The van der Waals surface area contributed by atoms with E-state index >= 15 is 0 Å². The molecule has 2 aromatic carbocycles. The van der Waals surface area contributed by atoms with Gasteiger partial charge in [0.15, 0.2) is 0 Å². The van der Waals surface area contributed by atoms with E-state index in [2.05, 4.69) is 62.4 Å². The lowest BCUT2D eigenvalue weighted by atomic mass is 9.84. The van der Waals surface area contributed by atoms with Gasteiger partial charge in [0.05, 0.1) is 0 Å². The van der Waals surface area contributed by atoms with Crippen LogP contribution in [0.4, 0.5) is 0 Å². The largest absolute Gasteiger partial charge is 0.457 e. The Balaban J connectivity index is 1.71. The maximum atomic E-state index is 6.15. The fourth-order valence-electron chi connectivity index (χ4n) is 3.46. The van der Waals surface area contributed by atoms with E-state index in [1.807, 2.05) is 6.07 Å². The Morgan fingerprint density at radius 1 is 0.958 bits per heavy atom. The van der Waals surface area contributed by atoms with E-state index in [0.29, 0.717) is 0 Å². The molecule has 0 heterocycles. The van der Waals surface area contributed by atoms with Crippen molar-refractivity contribution in [2.24, 2.45) is 0 Å². The number of para-hydroxylation sites is 1. The van der Waals surface area contributed by atoms with Gasteiger partial charge in [-0.05, 0) is 68.4 Å². The molecule has 0 aromatic heterocycles. The number of ether oxygens (including phenoxy) is 1. The van der Waals surface area contributed by atoms with Gasteiger partial charge in [0.1, 0.15) is 11.5 Å². The molecule has 0 saturated heterocycles. The summed E-state index contributed by atoms with van der Waals surface area (Å²) in [6.45, 7) is 4.26. The van der Waals surface area contributed by atoms with Crippen molar-refractivity contribution in [3.8, 4) is 11.5 Å². The van der Waals surface area contributed by atoms with Crippen molar-refractivity contribution in [1.29, 1.82) is 0 Å². The molecule has 0 bridgehead atoms. The van der Waals surface area contributed by atoms with Crippen LogP contribution < -0.4 is 4.74 Å². The highest BCUT2D eigenvalue weighted by atomic mass is 16.5. The van der Waals surface area contributed by atoms with Crippen LogP contribution in [0.25, 0.3) is 0 Å². The zero-order chi connectivity index (χ0) is 16.8. The third-order valence-electron chi connectivity index (χ3n) is 4.89. The zero-order valence-electron chi connectivity index (χ0n) is 14.9. The van der Waals surface area contributed by atoms with E-state index in [1.54, 1.807) is 0 Å². The Bertz CT molecular complexity index is 671. The van der Waals surface area contributed by atoms with Gasteiger partial charge in [0, 0.05) is 0 Å². The monoisotopic (exact) mass is 320 g/mol. The minimum absolute atomic E-state index is 0.748. The molecule has 0 spiro atoms. The molecule has 126 valence electrons. The minimum Gasteiger partial charge on any atom is -0.457 e. The van der Waals surface area contributed by atoms with Crippen molar-refractivity contribution in [3.05, 3.63) is 71.3 Å². The summed E-state index contributed by atoms with van der Waals surface area (Å²) >= 11 is 0. The second-order valence-corrected chi connectivity index (χ2v) is 7.10. The highest BCUT2D eigenvalue weighted by Crippen LogP contribution is 2.34. The van der Waals surface area contributed by atoms with Crippen molar-refractivity contribution >= 4 is 0 Å². The minimum atomic E-state index is 0.748. The standard InChI is InChI=1S/C23H28O/c1-18(2)12-13-21-10-6-7-11-23(21)24-22-16-14-20(15-17-22)19-8-4-3-5-9-19/h6-7,10-12,14-17,19H,3-5,8-9,13H2,1-2H3. The van der Waals surface area contributed by atoms with Crippen LogP contribution in [0.5, 0.6) is 11.5 Å². The highest BCUT2D eigenvalue weighted by molar-refractivity contribution is 5.40. The molecule has 1 nitrogen and oxygen atoms in total. The first-order valence-corrected chi connectivity index (χ1v) is 9.21. The fraction of sp³-hybridized carbons (Fsp3) is 0.391. The predicted molar refractivity (Wildman–Crippen MR) is 102 cm³/mol. The molecule has 24 heavy (non-hydrogen) atoms. The molecule has 3 rings (SSSR count). The third kappa shape index (κ3) is 4.50. The molecule has 0 aliphatic heterocycles. The Morgan fingerprint density at radius 3 is 2.38 bits per heavy atom. The smallest absolute Gasteiger partial charge is 0.130 e. The van der Waals surface area contributed by atoms with Crippen LogP contribution in [-0.4, -0.2) is 0 Å². The van der Waals surface area contributed by atoms with Gasteiger partial charge in [-0.3, -0.25) is 0 Å². The van der Waals surface area contributed by atoms with Crippen LogP contribution in [0, 0.1) is 0 Å². The fourth-order valence-corrected chi connectivity index (χ4v) is 3.46. The Labute approximate surface area is 146 Å². The Hall–Kier alpha value is -2.02. The molecule has 0 unspecified atom stereocenters. The quantitative estimate of drug-likeness (QED) is 0.537. The summed E-state index contributed by atoms with van der Waals surface area (Å²) in [6.07, 6.45) is 9.99. The summed E-state index contributed by atoms with van der Waals surface area (Å²) in [7, 11) is 0. The second-order valence-electron chi connectivity index (χ2n) is 7.10. The van der Waals surface area contributed by atoms with Crippen molar-refractivity contribution in [3.63, 3.8) is 0 Å². The topological polar surface area (TPSA) is 9.23 Å². The van der Waals surface area contributed by atoms with Crippen LogP contribution in [0.15, 0.2) is 60.2 Å². The van der Waals surface area contributed by atoms with Crippen molar-refractivity contribution < 1.29 is 4.74 Å². The Kier molecular flexibility index (Phi) is 5.74. The predicted octanol–water partition coefficient (Wildman–Crippen LogP) is 7.04. The van der Waals surface area contributed by atoms with E-state index in [-0.39, 0.29) is 0 Å². The molecule has 1 saturated carbocycles. The van der Waals surface area contributed by atoms with Gasteiger partial charge < -0.3 is 4.74 Å². The molecule has 0 amide bonds. The number of rotatable bonds is 5. The van der Waals surface area contributed by atoms with Gasteiger partial charge in [0.25, 0.3) is 0 Å². The number of benzene rings is 2. The van der Waals surface area contributed by atoms with Gasteiger partial charge in [-0.2, -0.15) is 0 Å². The molecule has 1 fully saturated rings. The average molecular weight is 320 g/mol. The van der Waals surface area contributed by atoms with Gasteiger partial charge >= 0.3 is 0 Å². The highest BCUT2D eigenvalue weighted by Gasteiger charge is 2.15. The molecule has 1 aliphatic rings. The molecule has 0 N–H and O–H groups in total. The zero-order valence-corrected chi connectivity index (χ0v) is 14.9. The second kappa shape index (κ2) is 8.19. The summed E-state index contributed by atoms with van der Waals surface area (Å²) in [5.41, 5.74) is 4.04. The molecular formula is C23H28O. The van der Waals surface area contributed by atoms with Crippen LogP contribution in [-0.2, 0) is 6.42 Å². The maximum absolute atomic E-state index is 6.15. The van der Waals surface area contributed by atoms with Gasteiger partial charge in [-0.15, -0.1) is 0 Å². The van der Waals surface area contributed by atoms with Crippen molar-refractivity contribution in [2.45, 2.75) is 58.3 Å². The van der Waals surface area contributed by atoms with Gasteiger partial charge in [-0.25, -0.2) is 0 Å². The normalized spacial score (nSPS) is 15.1. The van der Waals surface area contributed by atoms with Crippen molar-refractivity contribution in [1.82, 2.24) is 0 Å². The summed E-state index contributed by atoms with van der Waals surface area (Å²) in [5, 5.41) is 0. The maximum Gasteiger partial charge on any atom is 0.130 e. The lowest BCUT2D eigenvalue weighted by Gasteiger charge is -2.22. The van der Waals surface area contributed by atoms with Crippen LogP contribution in [0.3, 0.4) is 0 Å². The SMILES string of the molecule is CC(C)=CCc1ccccc1Oc1ccc(C2CCCCC2)cc1. The Morgan fingerprint density at radius 2 is 1.67 bits per heavy atom. The van der Waals surface area contributed by atoms with E-state index < -0.39 is 0 Å². The summed E-state index contributed by atoms with van der Waals surface area (Å²) in [6, 6.07) is 17.1. The molecular weight excluding hydrogens is 292 g/mol. The van der Waals surface area contributed by atoms with Crippen LogP contribution >= 0.6 is 0 Å². The first kappa shape index (κ1) is 16.8. The lowest BCUT2D eigenvalue weighted by molar-refractivity contribution is 0.442. The van der Waals surface area contributed by atoms with E-state index in [4.69, 9.17) is 4.74 Å². The molecule has 1 heteroatoms. The van der Waals surface area contributed by atoms with Crippen LogP contribution in [0.2, 0.25) is 0 Å². The number of hydrogen-bond donors (Lipinski definition) is 0. The molecule has 0 radical (unpaired) electrons.